The van der Waals surface area contributed by atoms with Gasteiger partial charge in [-0.15, -0.1) is 0 Å². The summed E-state index contributed by atoms with van der Waals surface area (Å²) in [4.78, 5) is 17.5. The van der Waals surface area contributed by atoms with Crippen LogP contribution in [0.15, 0.2) is 41.6 Å². The Morgan fingerprint density at radius 2 is 2.00 bits per heavy atom. The molecule has 0 aliphatic heterocycles. The molecular weight excluding hydrogens is 261 g/mol. The van der Waals surface area contributed by atoms with Crippen LogP contribution in [0, 0.1) is 0 Å². The molecular formula is C12H11F3N2O2. The average Bonchev–Trinajstić information content (AvgIpc) is 2.31. The van der Waals surface area contributed by atoms with E-state index in [2.05, 4.69) is 9.97 Å². The summed E-state index contributed by atoms with van der Waals surface area (Å²) in [6.45, 7) is 0. The smallest absolute Gasteiger partial charge is 0.412 e. The Labute approximate surface area is 106 Å². The second-order valence-electron chi connectivity index (χ2n) is 3.78. The molecule has 19 heavy (non-hydrogen) atoms. The maximum Gasteiger partial charge on any atom is 0.416 e. The van der Waals surface area contributed by atoms with Crippen LogP contribution in [0.4, 0.5) is 13.2 Å². The number of H-pyrrole nitrogens is 1. The topological polar surface area (TPSA) is 77.2 Å². The van der Waals surface area contributed by atoms with E-state index in [4.69, 9.17) is 0 Å². The van der Waals surface area contributed by atoms with Crippen LogP contribution in [0.5, 0.6) is 0 Å². The Hall–Kier alpha value is -2.15. The number of benzene rings is 1. The van der Waals surface area contributed by atoms with Crippen molar-refractivity contribution in [1.82, 2.24) is 9.97 Å². The van der Waals surface area contributed by atoms with Gasteiger partial charge in [0.1, 0.15) is 0 Å². The van der Waals surface area contributed by atoms with Crippen molar-refractivity contribution in [3.63, 3.8) is 0 Å². The van der Waals surface area contributed by atoms with E-state index < -0.39 is 11.7 Å². The second-order valence-corrected chi connectivity index (χ2v) is 3.78. The minimum Gasteiger partial charge on any atom is -0.412 e. The third-order valence-corrected chi connectivity index (χ3v) is 2.44. The summed E-state index contributed by atoms with van der Waals surface area (Å²) in [5.74, 6) is 0. The number of nitrogens with zero attached hydrogens (tertiary/aromatic N) is 1. The summed E-state index contributed by atoms with van der Waals surface area (Å²) in [5, 5.41) is 0. The quantitative estimate of drug-likeness (QED) is 0.900. The largest absolute Gasteiger partial charge is 0.416 e. The van der Waals surface area contributed by atoms with Crippen LogP contribution in [0.2, 0.25) is 0 Å². The third kappa shape index (κ3) is 3.65. The first-order chi connectivity index (χ1) is 8.47. The van der Waals surface area contributed by atoms with Gasteiger partial charge in [-0.1, -0.05) is 18.2 Å². The minimum atomic E-state index is -4.38. The fourth-order valence-corrected chi connectivity index (χ4v) is 1.58. The number of hydrogen-bond acceptors (Lipinski definition) is 2. The molecule has 0 spiro atoms. The number of alkyl halides is 3. The van der Waals surface area contributed by atoms with Gasteiger partial charge in [0, 0.05) is 18.2 Å². The van der Waals surface area contributed by atoms with E-state index in [-0.39, 0.29) is 17.5 Å². The summed E-state index contributed by atoms with van der Waals surface area (Å²) in [6.07, 6.45) is -1.68. The van der Waals surface area contributed by atoms with Gasteiger partial charge >= 0.3 is 6.18 Å². The van der Waals surface area contributed by atoms with E-state index >= 15 is 0 Å². The van der Waals surface area contributed by atoms with Crippen molar-refractivity contribution in [3.05, 3.63) is 63.8 Å². The predicted molar refractivity (Wildman–Crippen MR) is 62.7 cm³/mol. The normalized spacial score (nSPS) is 10.9. The van der Waals surface area contributed by atoms with Gasteiger partial charge in [-0.25, -0.2) is 4.98 Å². The average molecular weight is 272 g/mol. The lowest BCUT2D eigenvalue weighted by Gasteiger charge is -2.08. The fourth-order valence-electron chi connectivity index (χ4n) is 1.58. The van der Waals surface area contributed by atoms with Crippen molar-refractivity contribution >= 4 is 0 Å². The van der Waals surface area contributed by atoms with E-state index in [0.717, 1.165) is 12.1 Å². The van der Waals surface area contributed by atoms with Crippen molar-refractivity contribution in [3.8, 4) is 0 Å². The lowest BCUT2D eigenvalue weighted by atomic mass is 10.0. The molecule has 0 aliphatic rings. The molecule has 0 aliphatic carbocycles. The van der Waals surface area contributed by atoms with Crippen LogP contribution in [-0.2, 0) is 12.6 Å². The molecule has 0 saturated heterocycles. The van der Waals surface area contributed by atoms with Crippen molar-refractivity contribution in [1.29, 1.82) is 0 Å². The molecule has 0 radical (unpaired) electrons. The molecule has 4 nitrogen and oxygen atoms in total. The molecule has 0 unspecified atom stereocenters. The lowest BCUT2D eigenvalue weighted by Crippen LogP contribution is -2.13. The van der Waals surface area contributed by atoms with Crippen LogP contribution in [-0.4, -0.2) is 15.4 Å². The standard InChI is InChI=1S/C12H9F3N2O.H2O/c13-12(14,15)10-3-1-2-8(5-10)4-9-6-16-7-17-11(9)18;/h1-3,5-7H,4H2,(H,16,17,18);1H2. The van der Waals surface area contributed by atoms with Crippen molar-refractivity contribution in [2.75, 3.05) is 0 Å². The number of rotatable bonds is 2. The highest BCUT2D eigenvalue weighted by Crippen LogP contribution is 2.29. The van der Waals surface area contributed by atoms with Gasteiger partial charge in [0.15, 0.2) is 0 Å². The highest BCUT2D eigenvalue weighted by atomic mass is 19.4. The van der Waals surface area contributed by atoms with Crippen molar-refractivity contribution in [2.45, 2.75) is 12.6 Å². The van der Waals surface area contributed by atoms with Crippen LogP contribution in [0.3, 0.4) is 0 Å². The summed E-state index contributed by atoms with van der Waals surface area (Å²) in [6, 6.07) is 4.90. The predicted octanol–water partition coefficient (Wildman–Crippen LogP) is 1.55. The molecule has 1 aromatic carbocycles. The first-order valence-electron chi connectivity index (χ1n) is 5.14. The van der Waals surface area contributed by atoms with Gasteiger partial charge in [-0.3, -0.25) is 4.79 Å². The van der Waals surface area contributed by atoms with E-state index in [1.165, 1.54) is 18.6 Å². The number of halogens is 3. The van der Waals surface area contributed by atoms with E-state index in [9.17, 15) is 18.0 Å². The Bertz CT molecular complexity index is 608. The van der Waals surface area contributed by atoms with Crippen LogP contribution in [0.1, 0.15) is 16.7 Å². The fraction of sp³-hybridized carbons (Fsp3) is 0.167. The Balaban J connectivity index is 0.00000180. The van der Waals surface area contributed by atoms with Gasteiger partial charge in [0.25, 0.3) is 5.56 Å². The highest BCUT2D eigenvalue weighted by molar-refractivity contribution is 5.29. The van der Waals surface area contributed by atoms with Gasteiger partial charge in [-0.05, 0) is 11.6 Å². The SMILES string of the molecule is O.O=c1[nH]cncc1Cc1cccc(C(F)(F)F)c1. The molecule has 0 atom stereocenters. The number of hydrogen-bond donors (Lipinski definition) is 1. The van der Waals surface area contributed by atoms with E-state index in [1.807, 2.05) is 0 Å². The molecule has 0 saturated carbocycles. The molecule has 2 rings (SSSR count). The monoisotopic (exact) mass is 272 g/mol. The third-order valence-electron chi connectivity index (χ3n) is 2.44. The van der Waals surface area contributed by atoms with Crippen LogP contribution < -0.4 is 5.56 Å². The van der Waals surface area contributed by atoms with Gasteiger partial charge in [-0.2, -0.15) is 13.2 Å². The first-order valence-corrected chi connectivity index (χ1v) is 5.14. The Morgan fingerprint density at radius 3 is 2.63 bits per heavy atom. The highest BCUT2D eigenvalue weighted by Gasteiger charge is 2.30. The van der Waals surface area contributed by atoms with Gasteiger partial charge in [0.2, 0.25) is 0 Å². The summed E-state index contributed by atoms with van der Waals surface area (Å²) in [7, 11) is 0. The number of aromatic amines is 1. The van der Waals surface area contributed by atoms with E-state index in [0.29, 0.717) is 11.1 Å². The molecule has 0 bridgehead atoms. The van der Waals surface area contributed by atoms with E-state index in [1.54, 1.807) is 6.07 Å². The first kappa shape index (κ1) is 14.9. The van der Waals surface area contributed by atoms with Gasteiger partial charge in [0.05, 0.1) is 11.9 Å². The molecule has 2 aromatic rings. The summed E-state index contributed by atoms with van der Waals surface area (Å²) < 4.78 is 37.5. The van der Waals surface area contributed by atoms with Gasteiger partial charge < -0.3 is 10.5 Å². The molecule has 7 heteroatoms. The molecule has 0 fully saturated rings. The summed E-state index contributed by atoms with van der Waals surface area (Å²) in [5.41, 5.74) is -0.317. The molecule has 102 valence electrons. The zero-order valence-corrected chi connectivity index (χ0v) is 9.66. The Morgan fingerprint density at radius 1 is 1.26 bits per heavy atom. The minimum absolute atomic E-state index is 0. The van der Waals surface area contributed by atoms with Crippen molar-refractivity contribution in [2.24, 2.45) is 0 Å². The Kier molecular flexibility index (Phi) is 4.44. The number of aromatic nitrogens is 2. The zero-order chi connectivity index (χ0) is 13.2. The molecule has 1 heterocycles. The summed E-state index contributed by atoms with van der Waals surface area (Å²) >= 11 is 0. The molecule has 3 N–H and O–H groups in total. The van der Waals surface area contributed by atoms with Crippen LogP contribution in [0.25, 0.3) is 0 Å². The zero-order valence-electron chi connectivity index (χ0n) is 9.66. The number of nitrogens with one attached hydrogen (secondary N) is 1. The maximum absolute atomic E-state index is 12.5. The van der Waals surface area contributed by atoms with Crippen LogP contribution >= 0.6 is 0 Å². The lowest BCUT2D eigenvalue weighted by molar-refractivity contribution is -0.137. The maximum atomic E-state index is 12.5. The molecule has 1 aromatic heterocycles. The molecule has 0 amide bonds. The van der Waals surface area contributed by atoms with Crippen molar-refractivity contribution < 1.29 is 18.6 Å². The second kappa shape index (κ2) is 5.66.